The maximum atomic E-state index is 12.1. The molecule has 0 unspecified atom stereocenters. The quantitative estimate of drug-likeness (QED) is 0.858. The zero-order valence-corrected chi connectivity index (χ0v) is 12.7. The predicted molar refractivity (Wildman–Crippen MR) is 87.1 cm³/mol. The number of nitrogens with one attached hydrogen (secondary N) is 1. The van der Waals surface area contributed by atoms with Crippen LogP contribution in [0.4, 0.5) is 0 Å². The molecule has 0 atom stereocenters. The lowest BCUT2D eigenvalue weighted by atomic mass is 9.97. The van der Waals surface area contributed by atoms with Crippen molar-refractivity contribution in [3.8, 4) is 5.69 Å². The molecule has 1 N–H and O–H groups in total. The largest absolute Gasteiger partial charge is 0.352 e. The molecule has 114 valence electrons. The predicted octanol–water partition coefficient (Wildman–Crippen LogP) is 3.49. The second-order valence-electron chi connectivity index (χ2n) is 5.62. The minimum absolute atomic E-state index is 0.0569. The van der Waals surface area contributed by atoms with Crippen LogP contribution in [-0.4, -0.2) is 22.2 Å². The molecule has 1 aliphatic carbocycles. The number of nitrogens with zero attached hydrogens (tertiary/aromatic N) is 2. The molecule has 0 bridgehead atoms. The molecule has 0 fully saturated rings. The Labute approximate surface area is 130 Å². The first kappa shape index (κ1) is 14.6. The zero-order chi connectivity index (χ0) is 15.2. The van der Waals surface area contributed by atoms with Crippen LogP contribution < -0.4 is 5.32 Å². The second kappa shape index (κ2) is 7.07. The molecule has 1 heterocycles. The van der Waals surface area contributed by atoms with E-state index in [1.54, 1.807) is 17.1 Å². The lowest BCUT2D eigenvalue weighted by molar-refractivity contribution is 0.0954. The van der Waals surface area contributed by atoms with Gasteiger partial charge in [-0.15, -0.1) is 0 Å². The third kappa shape index (κ3) is 3.64. The van der Waals surface area contributed by atoms with Gasteiger partial charge in [-0.3, -0.25) is 4.79 Å². The van der Waals surface area contributed by atoms with Crippen molar-refractivity contribution in [2.24, 2.45) is 0 Å². The SMILES string of the molecule is O=C(NCCC1=CCCCC1)c1cnn(-c2ccccc2)c1. The summed E-state index contributed by atoms with van der Waals surface area (Å²) in [5.74, 6) is -0.0569. The van der Waals surface area contributed by atoms with Crippen LogP contribution >= 0.6 is 0 Å². The highest BCUT2D eigenvalue weighted by Gasteiger charge is 2.09. The van der Waals surface area contributed by atoms with E-state index >= 15 is 0 Å². The minimum atomic E-state index is -0.0569. The van der Waals surface area contributed by atoms with Crippen molar-refractivity contribution in [1.82, 2.24) is 15.1 Å². The van der Waals surface area contributed by atoms with Crippen molar-refractivity contribution >= 4 is 5.91 Å². The van der Waals surface area contributed by atoms with Gasteiger partial charge in [0.25, 0.3) is 5.91 Å². The van der Waals surface area contributed by atoms with E-state index in [2.05, 4.69) is 16.5 Å². The summed E-state index contributed by atoms with van der Waals surface area (Å²) in [7, 11) is 0. The Morgan fingerprint density at radius 3 is 2.86 bits per heavy atom. The average Bonchev–Trinajstić information content (AvgIpc) is 3.07. The number of hydrogen-bond acceptors (Lipinski definition) is 2. The number of carbonyl (C=O) groups is 1. The van der Waals surface area contributed by atoms with Gasteiger partial charge in [0.1, 0.15) is 0 Å². The third-order valence-corrected chi connectivity index (χ3v) is 3.98. The highest BCUT2D eigenvalue weighted by atomic mass is 16.1. The maximum absolute atomic E-state index is 12.1. The standard InChI is InChI=1S/C18H21N3O/c22-18(19-12-11-15-7-3-1-4-8-15)16-13-20-21(14-16)17-9-5-2-6-10-17/h2,5-7,9-10,13-14H,1,3-4,8,11-12H2,(H,19,22). The first-order valence-corrected chi connectivity index (χ1v) is 7.89. The smallest absolute Gasteiger partial charge is 0.254 e. The fourth-order valence-electron chi connectivity index (χ4n) is 2.73. The van der Waals surface area contributed by atoms with Crippen molar-refractivity contribution in [1.29, 1.82) is 0 Å². The maximum Gasteiger partial charge on any atom is 0.254 e. The van der Waals surface area contributed by atoms with Crippen LogP contribution in [0.15, 0.2) is 54.4 Å². The summed E-state index contributed by atoms with van der Waals surface area (Å²) in [6, 6.07) is 9.79. The van der Waals surface area contributed by atoms with Gasteiger partial charge in [0.05, 0.1) is 17.4 Å². The summed E-state index contributed by atoms with van der Waals surface area (Å²) in [4.78, 5) is 12.1. The van der Waals surface area contributed by atoms with Crippen LogP contribution in [0.2, 0.25) is 0 Å². The van der Waals surface area contributed by atoms with Crippen molar-refractivity contribution in [2.45, 2.75) is 32.1 Å². The van der Waals surface area contributed by atoms with Crippen molar-refractivity contribution in [2.75, 3.05) is 6.54 Å². The Bertz CT molecular complexity index is 658. The molecule has 0 saturated carbocycles. The number of allylic oxidation sites excluding steroid dienone is 1. The number of aromatic nitrogens is 2. The Kier molecular flexibility index (Phi) is 4.68. The van der Waals surface area contributed by atoms with E-state index in [4.69, 9.17) is 0 Å². The fourth-order valence-corrected chi connectivity index (χ4v) is 2.73. The molecule has 22 heavy (non-hydrogen) atoms. The van der Waals surface area contributed by atoms with Gasteiger partial charge in [-0.1, -0.05) is 29.8 Å². The lowest BCUT2D eigenvalue weighted by Crippen LogP contribution is -2.24. The van der Waals surface area contributed by atoms with Gasteiger partial charge < -0.3 is 5.32 Å². The van der Waals surface area contributed by atoms with Crippen molar-refractivity contribution in [3.05, 3.63) is 59.9 Å². The van der Waals surface area contributed by atoms with Gasteiger partial charge in [-0.2, -0.15) is 5.10 Å². The lowest BCUT2D eigenvalue weighted by Gasteiger charge is -2.12. The molecule has 0 radical (unpaired) electrons. The van der Waals surface area contributed by atoms with Gasteiger partial charge in [-0.25, -0.2) is 4.68 Å². The van der Waals surface area contributed by atoms with E-state index in [-0.39, 0.29) is 5.91 Å². The number of hydrogen-bond donors (Lipinski definition) is 1. The molecule has 0 spiro atoms. The number of benzene rings is 1. The summed E-state index contributed by atoms with van der Waals surface area (Å²) < 4.78 is 1.72. The number of amides is 1. The Morgan fingerprint density at radius 1 is 1.23 bits per heavy atom. The van der Waals surface area contributed by atoms with Gasteiger partial charge in [0.15, 0.2) is 0 Å². The first-order valence-electron chi connectivity index (χ1n) is 7.89. The summed E-state index contributed by atoms with van der Waals surface area (Å²) in [6.45, 7) is 0.696. The van der Waals surface area contributed by atoms with E-state index in [0.29, 0.717) is 12.1 Å². The Morgan fingerprint density at radius 2 is 2.09 bits per heavy atom. The highest BCUT2D eigenvalue weighted by molar-refractivity contribution is 5.93. The van der Waals surface area contributed by atoms with Crippen LogP contribution in [0.3, 0.4) is 0 Å². The number of carbonyl (C=O) groups excluding carboxylic acids is 1. The summed E-state index contributed by atoms with van der Waals surface area (Å²) in [5.41, 5.74) is 3.03. The van der Waals surface area contributed by atoms with Gasteiger partial charge in [0.2, 0.25) is 0 Å². The Balaban J connectivity index is 1.54. The van der Waals surface area contributed by atoms with E-state index in [1.165, 1.54) is 31.3 Å². The first-order chi connectivity index (χ1) is 10.8. The molecular weight excluding hydrogens is 274 g/mol. The monoisotopic (exact) mass is 295 g/mol. The van der Waals surface area contributed by atoms with Crippen LogP contribution in [0.5, 0.6) is 0 Å². The van der Waals surface area contributed by atoms with Crippen LogP contribution in [0, 0.1) is 0 Å². The molecule has 1 aliphatic rings. The molecule has 1 aromatic heterocycles. The van der Waals surface area contributed by atoms with Crippen LogP contribution in [0.25, 0.3) is 5.69 Å². The van der Waals surface area contributed by atoms with Crippen molar-refractivity contribution in [3.63, 3.8) is 0 Å². The number of para-hydroxylation sites is 1. The van der Waals surface area contributed by atoms with E-state index < -0.39 is 0 Å². The minimum Gasteiger partial charge on any atom is -0.352 e. The second-order valence-corrected chi connectivity index (χ2v) is 5.62. The molecule has 1 amide bonds. The fraction of sp³-hybridized carbons (Fsp3) is 0.333. The third-order valence-electron chi connectivity index (χ3n) is 3.98. The molecular formula is C18H21N3O. The molecule has 3 rings (SSSR count). The molecule has 1 aromatic carbocycles. The molecule has 0 saturated heterocycles. The van der Waals surface area contributed by atoms with Gasteiger partial charge >= 0.3 is 0 Å². The highest BCUT2D eigenvalue weighted by Crippen LogP contribution is 2.19. The number of rotatable bonds is 5. The topological polar surface area (TPSA) is 46.9 Å². The summed E-state index contributed by atoms with van der Waals surface area (Å²) in [5, 5.41) is 7.23. The van der Waals surface area contributed by atoms with Crippen molar-refractivity contribution < 1.29 is 4.79 Å². The molecule has 4 nitrogen and oxygen atoms in total. The van der Waals surface area contributed by atoms with E-state index in [0.717, 1.165) is 12.1 Å². The van der Waals surface area contributed by atoms with Gasteiger partial charge in [-0.05, 0) is 44.2 Å². The molecule has 0 aliphatic heterocycles. The summed E-state index contributed by atoms with van der Waals surface area (Å²) in [6.07, 6.45) is 11.6. The summed E-state index contributed by atoms with van der Waals surface area (Å²) >= 11 is 0. The van der Waals surface area contributed by atoms with Crippen LogP contribution in [0.1, 0.15) is 42.5 Å². The Hall–Kier alpha value is -2.36. The zero-order valence-electron chi connectivity index (χ0n) is 12.7. The van der Waals surface area contributed by atoms with E-state index in [1.807, 2.05) is 30.3 Å². The van der Waals surface area contributed by atoms with E-state index in [9.17, 15) is 4.79 Å². The average molecular weight is 295 g/mol. The van der Waals surface area contributed by atoms with Gasteiger partial charge in [0, 0.05) is 12.7 Å². The van der Waals surface area contributed by atoms with Crippen LogP contribution in [-0.2, 0) is 0 Å². The normalized spacial score (nSPS) is 14.5. The molecule has 4 heteroatoms. The molecule has 2 aromatic rings.